The highest BCUT2D eigenvalue weighted by Gasteiger charge is 2.19. The van der Waals surface area contributed by atoms with E-state index in [4.69, 9.17) is 10.5 Å². The van der Waals surface area contributed by atoms with Crippen molar-refractivity contribution >= 4 is 5.78 Å². The number of methoxy groups -OCH3 is 1. The van der Waals surface area contributed by atoms with E-state index in [1.54, 1.807) is 7.11 Å². The van der Waals surface area contributed by atoms with E-state index in [9.17, 15) is 4.79 Å². The van der Waals surface area contributed by atoms with E-state index in [-0.39, 0.29) is 11.7 Å². The Labute approximate surface area is 96.6 Å². The molecule has 1 aromatic carbocycles. The number of carbonyl (C=O) groups excluding carboxylic acids is 1. The summed E-state index contributed by atoms with van der Waals surface area (Å²) in [7, 11) is 1.58. The molecule has 1 rings (SSSR count). The van der Waals surface area contributed by atoms with Gasteiger partial charge >= 0.3 is 0 Å². The lowest BCUT2D eigenvalue weighted by atomic mass is 9.95. The minimum absolute atomic E-state index is 0.0474. The van der Waals surface area contributed by atoms with Crippen LogP contribution >= 0.6 is 0 Å². The SMILES string of the molecule is COc1c(C)cc(C)cc1C(=O)C(C)CN. The molecule has 0 aliphatic heterocycles. The fraction of sp³-hybridized carbons (Fsp3) is 0.462. The van der Waals surface area contributed by atoms with Crippen molar-refractivity contribution in [2.75, 3.05) is 13.7 Å². The molecule has 16 heavy (non-hydrogen) atoms. The van der Waals surface area contributed by atoms with Gasteiger partial charge < -0.3 is 10.5 Å². The first-order chi connectivity index (χ1) is 7.51. The van der Waals surface area contributed by atoms with Crippen LogP contribution in [-0.4, -0.2) is 19.4 Å². The van der Waals surface area contributed by atoms with Gasteiger partial charge in [-0.25, -0.2) is 0 Å². The van der Waals surface area contributed by atoms with Crippen LogP contribution in [0, 0.1) is 19.8 Å². The first-order valence-corrected chi connectivity index (χ1v) is 5.40. The van der Waals surface area contributed by atoms with Crippen molar-refractivity contribution in [3.8, 4) is 5.75 Å². The Balaban J connectivity index is 3.26. The Bertz CT molecular complexity index is 399. The second-order valence-corrected chi connectivity index (χ2v) is 4.16. The van der Waals surface area contributed by atoms with Crippen LogP contribution in [-0.2, 0) is 0 Å². The Hall–Kier alpha value is -1.35. The van der Waals surface area contributed by atoms with Gasteiger partial charge in [0.1, 0.15) is 5.75 Å². The molecule has 1 unspecified atom stereocenters. The maximum Gasteiger partial charge on any atom is 0.170 e. The zero-order chi connectivity index (χ0) is 12.3. The first kappa shape index (κ1) is 12.7. The van der Waals surface area contributed by atoms with E-state index < -0.39 is 0 Å². The van der Waals surface area contributed by atoms with Crippen molar-refractivity contribution in [1.29, 1.82) is 0 Å². The quantitative estimate of drug-likeness (QED) is 0.792. The third-order valence-electron chi connectivity index (χ3n) is 2.69. The summed E-state index contributed by atoms with van der Waals surface area (Å²) in [4.78, 5) is 12.1. The van der Waals surface area contributed by atoms with E-state index in [2.05, 4.69) is 0 Å². The molecule has 2 N–H and O–H groups in total. The minimum Gasteiger partial charge on any atom is -0.496 e. The van der Waals surface area contributed by atoms with Crippen LogP contribution in [0.2, 0.25) is 0 Å². The Kier molecular flexibility index (Phi) is 4.07. The molecule has 0 saturated heterocycles. The fourth-order valence-electron chi connectivity index (χ4n) is 1.78. The number of nitrogens with two attached hydrogens (primary N) is 1. The maximum atomic E-state index is 12.1. The summed E-state index contributed by atoms with van der Waals surface area (Å²) in [6.07, 6.45) is 0. The molecule has 3 heteroatoms. The zero-order valence-electron chi connectivity index (χ0n) is 10.3. The molecule has 0 aliphatic carbocycles. The molecule has 1 aromatic rings. The second kappa shape index (κ2) is 5.12. The van der Waals surface area contributed by atoms with Gasteiger partial charge in [-0.1, -0.05) is 13.0 Å². The standard InChI is InChI=1S/C13H19NO2/c1-8-5-9(2)13(16-4)11(6-8)12(15)10(3)7-14/h5-6,10H,7,14H2,1-4H3. The van der Waals surface area contributed by atoms with Gasteiger partial charge in [0.05, 0.1) is 12.7 Å². The van der Waals surface area contributed by atoms with E-state index in [0.717, 1.165) is 11.1 Å². The van der Waals surface area contributed by atoms with Crippen LogP contribution in [0.1, 0.15) is 28.4 Å². The van der Waals surface area contributed by atoms with Crippen LogP contribution in [0.25, 0.3) is 0 Å². The number of hydrogen-bond acceptors (Lipinski definition) is 3. The zero-order valence-corrected chi connectivity index (χ0v) is 10.3. The molecule has 88 valence electrons. The summed E-state index contributed by atoms with van der Waals surface area (Å²) < 4.78 is 5.29. The smallest absolute Gasteiger partial charge is 0.170 e. The number of benzene rings is 1. The molecule has 0 spiro atoms. The van der Waals surface area contributed by atoms with E-state index in [0.29, 0.717) is 17.9 Å². The highest BCUT2D eigenvalue weighted by atomic mass is 16.5. The number of hydrogen-bond donors (Lipinski definition) is 1. The van der Waals surface area contributed by atoms with Gasteiger partial charge in [-0.15, -0.1) is 0 Å². The fourth-order valence-corrected chi connectivity index (χ4v) is 1.78. The molecule has 0 radical (unpaired) electrons. The van der Waals surface area contributed by atoms with Gasteiger partial charge in [0.2, 0.25) is 0 Å². The third kappa shape index (κ3) is 2.42. The molecule has 0 heterocycles. The minimum atomic E-state index is -0.171. The monoisotopic (exact) mass is 221 g/mol. The summed E-state index contributed by atoms with van der Waals surface area (Å²) >= 11 is 0. The van der Waals surface area contributed by atoms with Gasteiger partial charge in [0.15, 0.2) is 5.78 Å². The van der Waals surface area contributed by atoms with Crippen molar-refractivity contribution in [2.24, 2.45) is 11.7 Å². The van der Waals surface area contributed by atoms with Crippen LogP contribution in [0.15, 0.2) is 12.1 Å². The normalized spacial score (nSPS) is 12.3. The average Bonchev–Trinajstić information content (AvgIpc) is 2.26. The summed E-state index contributed by atoms with van der Waals surface area (Å²) in [6, 6.07) is 3.86. The number of rotatable bonds is 4. The molecule has 0 aliphatic rings. The molecule has 0 fully saturated rings. The van der Waals surface area contributed by atoms with E-state index in [1.165, 1.54) is 0 Å². The number of carbonyl (C=O) groups is 1. The summed E-state index contributed by atoms with van der Waals surface area (Å²) in [5.41, 5.74) is 8.20. The largest absolute Gasteiger partial charge is 0.496 e. The molecule has 0 bridgehead atoms. The lowest BCUT2D eigenvalue weighted by Crippen LogP contribution is -2.21. The number of ether oxygens (including phenoxy) is 1. The van der Waals surface area contributed by atoms with Crippen LogP contribution in [0.4, 0.5) is 0 Å². The second-order valence-electron chi connectivity index (χ2n) is 4.16. The van der Waals surface area contributed by atoms with Crippen LogP contribution in [0.3, 0.4) is 0 Å². The van der Waals surface area contributed by atoms with E-state index in [1.807, 2.05) is 32.9 Å². The molecule has 0 saturated carbocycles. The maximum absolute atomic E-state index is 12.1. The molecule has 1 atom stereocenters. The van der Waals surface area contributed by atoms with Gasteiger partial charge in [0, 0.05) is 12.5 Å². The van der Waals surface area contributed by atoms with Crippen molar-refractivity contribution in [1.82, 2.24) is 0 Å². The van der Waals surface area contributed by atoms with Crippen molar-refractivity contribution in [2.45, 2.75) is 20.8 Å². The summed E-state index contributed by atoms with van der Waals surface area (Å²) in [6.45, 7) is 6.10. The highest BCUT2D eigenvalue weighted by molar-refractivity contribution is 6.00. The van der Waals surface area contributed by atoms with Crippen LogP contribution < -0.4 is 10.5 Å². The molecule has 3 nitrogen and oxygen atoms in total. The highest BCUT2D eigenvalue weighted by Crippen LogP contribution is 2.27. The lowest BCUT2D eigenvalue weighted by Gasteiger charge is -2.14. The average molecular weight is 221 g/mol. The van der Waals surface area contributed by atoms with Crippen molar-refractivity contribution in [3.63, 3.8) is 0 Å². The molecule has 0 amide bonds. The molecular formula is C13H19NO2. The van der Waals surface area contributed by atoms with Gasteiger partial charge in [-0.05, 0) is 31.0 Å². The summed E-state index contributed by atoms with van der Waals surface area (Å²) in [5.74, 6) is 0.539. The summed E-state index contributed by atoms with van der Waals surface area (Å²) in [5, 5.41) is 0. The van der Waals surface area contributed by atoms with Crippen molar-refractivity contribution in [3.05, 3.63) is 28.8 Å². The van der Waals surface area contributed by atoms with E-state index >= 15 is 0 Å². The number of aryl methyl sites for hydroxylation is 2. The van der Waals surface area contributed by atoms with Gasteiger partial charge in [-0.3, -0.25) is 4.79 Å². The number of ketones is 1. The third-order valence-corrected chi connectivity index (χ3v) is 2.69. The molecule has 0 aromatic heterocycles. The number of Topliss-reactive ketones (excluding diaryl/α,β-unsaturated/α-hetero) is 1. The predicted molar refractivity (Wildman–Crippen MR) is 65.0 cm³/mol. The lowest BCUT2D eigenvalue weighted by molar-refractivity contribution is 0.0931. The Morgan fingerprint density at radius 2 is 2.06 bits per heavy atom. The molecular weight excluding hydrogens is 202 g/mol. The van der Waals surface area contributed by atoms with Gasteiger partial charge in [0.25, 0.3) is 0 Å². The Morgan fingerprint density at radius 1 is 1.44 bits per heavy atom. The predicted octanol–water partition coefficient (Wildman–Crippen LogP) is 2.09. The van der Waals surface area contributed by atoms with Gasteiger partial charge in [-0.2, -0.15) is 0 Å². The first-order valence-electron chi connectivity index (χ1n) is 5.40. The Morgan fingerprint density at radius 3 is 2.56 bits per heavy atom. The van der Waals surface area contributed by atoms with Crippen molar-refractivity contribution < 1.29 is 9.53 Å². The van der Waals surface area contributed by atoms with Crippen LogP contribution in [0.5, 0.6) is 5.75 Å². The topological polar surface area (TPSA) is 52.3 Å².